The summed E-state index contributed by atoms with van der Waals surface area (Å²) < 4.78 is 12.6. The number of nitrogens with one attached hydrogen (secondary N) is 1. The summed E-state index contributed by atoms with van der Waals surface area (Å²) in [6.45, 7) is 0.349. The third-order valence-electron chi connectivity index (χ3n) is 4.67. The maximum atomic E-state index is 9.96. The van der Waals surface area contributed by atoms with Crippen molar-refractivity contribution in [3.63, 3.8) is 0 Å². The average Bonchev–Trinajstić information content (AvgIpc) is 3.30. The highest BCUT2D eigenvalue weighted by molar-refractivity contribution is 5.82. The van der Waals surface area contributed by atoms with Crippen LogP contribution in [0.3, 0.4) is 0 Å². The lowest BCUT2D eigenvalue weighted by molar-refractivity contribution is -0.0432. The van der Waals surface area contributed by atoms with Crippen LogP contribution >= 0.6 is 0 Å². The van der Waals surface area contributed by atoms with Gasteiger partial charge >= 0.3 is 0 Å². The Kier molecular flexibility index (Phi) is 4.88. The number of hydrogen-bond donors (Lipinski definition) is 3. The van der Waals surface area contributed by atoms with Crippen molar-refractivity contribution in [1.29, 1.82) is 0 Å². The van der Waals surface area contributed by atoms with E-state index in [1.54, 1.807) is 18.0 Å². The van der Waals surface area contributed by atoms with Gasteiger partial charge < -0.3 is 25.0 Å². The number of benzene rings is 1. The average molecular weight is 371 g/mol. The molecule has 0 spiro atoms. The summed E-state index contributed by atoms with van der Waals surface area (Å²) in [6, 6.07) is 7.76. The van der Waals surface area contributed by atoms with Crippen molar-refractivity contribution < 1.29 is 19.7 Å². The molecule has 3 N–H and O–H groups in total. The van der Waals surface area contributed by atoms with E-state index in [0.29, 0.717) is 29.9 Å². The van der Waals surface area contributed by atoms with Crippen LogP contribution in [0.5, 0.6) is 5.75 Å². The van der Waals surface area contributed by atoms with Gasteiger partial charge in [0.15, 0.2) is 17.0 Å². The number of imidazole rings is 1. The van der Waals surface area contributed by atoms with Crippen LogP contribution in [-0.2, 0) is 11.3 Å². The van der Waals surface area contributed by atoms with Crippen LogP contribution < -0.4 is 10.1 Å². The maximum Gasteiger partial charge on any atom is 0.167 e. The molecular weight excluding hydrogens is 350 g/mol. The normalized spacial score (nSPS) is 22.3. The summed E-state index contributed by atoms with van der Waals surface area (Å²) in [4.78, 5) is 13.0. The van der Waals surface area contributed by atoms with E-state index in [2.05, 4.69) is 20.3 Å². The van der Waals surface area contributed by atoms with Crippen LogP contribution in [-0.4, -0.2) is 55.7 Å². The second-order valence-electron chi connectivity index (χ2n) is 6.36. The van der Waals surface area contributed by atoms with Crippen LogP contribution in [0.25, 0.3) is 11.2 Å². The monoisotopic (exact) mass is 371 g/mol. The van der Waals surface area contributed by atoms with Crippen molar-refractivity contribution in [2.45, 2.75) is 31.4 Å². The fourth-order valence-corrected chi connectivity index (χ4v) is 3.17. The number of rotatable bonds is 6. The zero-order valence-corrected chi connectivity index (χ0v) is 14.8. The molecule has 1 fully saturated rings. The number of aromatic nitrogens is 4. The first-order valence-corrected chi connectivity index (χ1v) is 8.68. The van der Waals surface area contributed by atoms with Gasteiger partial charge in [-0.25, -0.2) is 15.0 Å². The van der Waals surface area contributed by atoms with E-state index in [0.717, 1.165) is 11.3 Å². The first kappa shape index (κ1) is 17.7. The Morgan fingerprint density at radius 3 is 2.78 bits per heavy atom. The summed E-state index contributed by atoms with van der Waals surface area (Å²) in [5.74, 6) is 1.42. The quantitative estimate of drug-likeness (QED) is 0.590. The molecule has 1 aliphatic rings. The number of anilines is 1. The third-order valence-corrected chi connectivity index (χ3v) is 4.67. The molecule has 0 amide bonds. The van der Waals surface area contributed by atoms with Crippen LogP contribution in [0.15, 0.2) is 36.9 Å². The highest BCUT2D eigenvalue weighted by Gasteiger charge is 2.35. The molecular formula is C18H21N5O4. The van der Waals surface area contributed by atoms with Crippen LogP contribution in [0, 0.1) is 0 Å². The number of ether oxygens (including phenoxy) is 2. The first-order valence-electron chi connectivity index (χ1n) is 8.68. The molecule has 1 aliphatic heterocycles. The summed E-state index contributed by atoms with van der Waals surface area (Å²) in [7, 11) is 1.64. The first-order chi connectivity index (χ1) is 13.2. The summed E-state index contributed by atoms with van der Waals surface area (Å²) in [6.07, 6.45) is 1.72. The minimum Gasteiger partial charge on any atom is -0.497 e. The van der Waals surface area contributed by atoms with Crippen LogP contribution in [0.1, 0.15) is 18.2 Å². The predicted molar refractivity (Wildman–Crippen MR) is 97.3 cm³/mol. The van der Waals surface area contributed by atoms with Crippen molar-refractivity contribution in [3.05, 3.63) is 42.5 Å². The second-order valence-corrected chi connectivity index (χ2v) is 6.36. The van der Waals surface area contributed by atoms with E-state index < -0.39 is 18.4 Å². The standard InChI is InChI=1S/C18H21N5O4/c1-26-12-4-2-11(3-5-12)7-19-17-16-18(21-9-20-17)23(10-22-16)15-6-13(25)14(8-24)27-15/h2-5,9-10,13-15,24-25H,6-8H2,1H3,(H,19,20,21)/t13?,14-,15-/m1/s1. The molecule has 27 heavy (non-hydrogen) atoms. The molecule has 0 saturated carbocycles. The van der Waals surface area contributed by atoms with Gasteiger partial charge in [0.2, 0.25) is 0 Å². The van der Waals surface area contributed by atoms with Gasteiger partial charge in [0.1, 0.15) is 24.4 Å². The Labute approximate surface area is 155 Å². The van der Waals surface area contributed by atoms with E-state index in [1.165, 1.54) is 6.33 Å². The number of aliphatic hydroxyl groups is 2. The fourth-order valence-electron chi connectivity index (χ4n) is 3.17. The summed E-state index contributed by atoms with van der Waals surface area (Å²) in [5.41, 5.74) is 2.31. The topological polar surface area (TPSA) is 115 Å². The van der Waals surface area contributed by atoms with Crippen molar-refractivity contribution in [1.82, 2.24) is 19.5 Å². The number of hydrogen-bond acceptors (Lipinski definition) is 8. The Morgan fingerprint density at radius 1 is 1.26 bits per heavy atom. The van der Waals surface area contributed by atoms with Gasteiger partial charge in [-0.05, 0) is 17.7 Å². The second kappa shape index (κ2) is 7.47. The molecule has 1 unspecified atom stereocenters. The van der Waals surface area contributed by atoms with E-state index in [9.17, 15) is 10.2 Å². The molecule has 4 rings (SSSR count). The molecule has 1 aromatic carbocycles. The van der Waals surface area contributed by atoms with Crippen LogP contribution in [0.2, 0.25) is 0 Å². The van der Waals surface area contributed by atoms with E-state index >= 15 is 0 Å². The zero-order chi connectivity index (χ0) is 18.8. The third kappa shape index (κ3) is 3.44. The molecule has 0 aliphatic carbocycles. The van der Waals surface area contributed by atoms with Gasteiger partial charge in [-0.3, -0.25) is 4.57 Å². The van der Waals surface area contributed by atoms with Gasteiger partial charge in [0.25, 0.3) is 0 Å². The van der Waals surface area contributed by atoms with E-state index in [-0.39, 0.29) is 6.61 Å². The maximum absolute atomic E-state index is 9.96. The molecule has 2 aromatic heterocycles. The summed E-state index contributed by atoms with van der Waals surface area (Å²) in [5, 5.41) is 22.5. The smallest absolute Gasteiger partial charge is 0.167 e. The molecule has 3 heterocycles. The molecule has 3 aromatic rings. The molecule has 9 heteroatoms. The van der Waals surface area contributed by atoms with Crippen molar-refractivity contribution >= 4 is 17.0 Å². The van der Waals surface area contributed by atoms with Gasteiger partial charge in [-0.15, -0.1) is 0 Å². The predicted octanol–water partition coefficient (Wildman–Crippen LogP) is 1.09. The largest absolute Gasteiger partial charge is 0.497 e. The molecule has 0 radical (unpaired) electrons. The minimum atomic E-state index is -0.716. The zero-order valence-electron chi connectivity index (χ0n) is 14.8. The number of methoxy groups -OCH3 is 1. The Bertz CT molecular complexity index is 914. The Balaban J connectivity index is 1.53. The molecule has 9 nitrogen and oxygen atoms in total. The number of aliphatic hydroxyl groups excluding tert-OH is 2. The molecule has 3 atom stereocenters. The van der Waals surface area contributed by atoms with E-state index in [4.69, 9.17) is 9.47 Å². The van der Waals surface area contributed by atoms with Crippen molar-refractivity contribution in [3.8, 4) is 5.75 Å². The fraction of sp³-hybridized carbons (Fsp3) is 0.389. The van der Waals surface area contributed by atoms with Gasteiger partial charge in [-0.1, -0.05) is 12.1 Å². The lowest BCUT2D eigenvalue weighted by atomic mass is 10.2. The highest BCUT2D eigenvalue weighted by Crippen LogP contribution is 2.31. The SMILES string of the molecule is COc1ccc(CNc2ncnc3c2ncn3[C@H]2CC(O)[C@@H](CO)O2)cc1. The molecule has 0 bridgehead atoms. The molecule has 142 valence electrons. The Hall–Kier alpha value is -2.75. The lowest BCUT2D eigenvalue weighted by Gasteiger charge is -2.13. The summed E-state index contributed by atoms with van der Waals surface area (Å²) >= 11 is 0. The lowest BCUT2D eigenvalue weighted by Crippen LogP contribution is -2.24. The van der Waals surface area contributed by atoms with Crippen molar-refractivity contribution in [2.24, 2.45) is 0 Å². The highest BCUT2D eigenvalue weighted by atomic mass is 16.5. The minimum absolute atomic E-state index is 0.228. The van der Waals surface area contributed by atoms with Crippen LogP contribution in [0.4, 0.5) is 5.82 Å². The molecule has 1 saturated heterocycles. The van der Waals surface area contributed by atoms with Gasteiger partial charge in [-0.2, -0.15) is 0 Å². The number of nitrogens with zero attached hydrogens (tertiary/aromatic N) is 4. The Morgan fingerprint density at radius 2 is 2.07 bits per heavy atom. The number of fused-ring (bicyclic) bond motifs is 1. The van der Waals surface area contributed by atoms with Crippen molar-refractivity contribution in [2.75, 3.05) is 19.0 Å². The van der Waals surface area contributed by atoms with Gasteiger partial charge in [0.05, 0.1) is 26.1 Å². The van der Waals surface area contributed by atoms with E-state index in [1.807, 2.05) is 24.3 Å². The van der Waals surface area contributed by atoms with Gasteiger partial charge in [0, 0.05) is 13.0 Å².